The Balaban J connectivity index is 2.25. The van der Waals surface area contributed by atoms with Gasteiger partial charge in [-0.25, -0.2) is 0 Å². The van der Waals surface area contributed by atoms with Crippen molar-refractivity contribution in [3.63, 3.8) is 0 Å². The number of nitrogens with zero attached hydrogens (tertiary/aromatic N) is 2. The number of aliphatic hydroxyl groups is 1. The molecule has 1 heterocycles. The van der Waals surface area contributed by atoms with Crippen LogP contribution >= 0.6 is 11.6 Å². The van der Waals surface area contributed by atoms with Crippen molar-refractivity contribution in [2.75, 3.05) is 11.9 Å². The van der Waals surface area contributed by atoms with E-state index in [1.54, 1.807) is 0 Å². The highest BCUT2D eigenvalue weighted by Gasteiger charge is 2.37. The lowest BCUT2D eigenvalue weighted by atomic mass is 9.77. The third kappa shape index (κ3) is 1.87. The molecule has 5 heteroatoms. The lowest BCUT2D eigenvalue weighted by Crippen LogP contribution is -2.48. The van der Waals surface area contributed by atoms with Crippen molar-refractivity contribution < 1.29 is 5.11 Å². The zero-order chi connectivity index (χ0) is 11.8. The number of aromatic nitrogens is 2. The van der Waals surface area contributed by atoms with Gasteiger partial charge in [-0.3, -0.25) is 0 Å². The van der Waals surface area contributed by atoms with Crippen LogP contribution in [0.25, 0.3) is 0 Å². The standard InChI is InChI=1S/C11H16ClN3O/c1-7-8(2)10(15-14-9(7)12)13-11(6-16)4-3-5-11/h16H,3-6H2,1-2H3,(H,13,15). The minimum Gasteiger partial charge on any atom is -0.394 e. The second kappa shape index (κ2) is 4.18. The van der Waals surface area contributed by atoms with Crippen LogP contribution in [0.2, 0.25) is 5.15 Å². The van der Waals surface area contributed by atoms with Gasteiger partial charge >= 0.3 is 0 Å². The van der Waals surface area contributed by atoms with Gasteiger partial charge < -0.3 is 10.4 Å². The zero-order valence-electron chi connectivity index (χ0n) is 9.55. The average molecular weight is 242 g/mol. The van der Waals surface area contributed by atoms with Crippen LogP contribution in [-0.4, -0.2) is 27.4 Å². The number of anilines is 1. The van der Waals surface area contributed by atoms with E-state index in [0.717, 1.165) is 36.2 Å². The molecular weight excluding hydrogens is 226 g/mol. The smallest absolute Gasteiger partial charge is 0.155 e. The van der Waals surface area contributed by atoms with Gasteiger partial charge in [-0.1, -0.05) is 11.6 Å². The Morgan fingerprint density at radius 2 is 2.00 bits per heavy atom. The molecule has 1 aliphatic carbocycles. The van der Waals surface area contributed by atoms with Crippen molar-refractivity contribution in [2.24, 2.45) is 0 Å². The van der Waals surface area contributed by atoms with Gasteiger partial charge in [0.05, 0.1) is 12.1 Å². The van der Waals surface area contributed by atoms with E-state index in [9.17, 15) is 5.11 Å². The van der Waals surface area contributed by atoms with Crippen molar-refractivity contribution in [1.82, 2.24) is 10.2 Å². The fourth-order valence-corrected chi connectivity index (χ4v) is 2.05. The summed E-state index contributed by atoms with van der Waals surface area (Å²) in [4.78, 5) is 0. The second-order valence-electron chi connectivity index (χ2n) is 4.51. The maximum absolute atomic E-state index is 9.38. The quantitative estimate of drug-likeness (QED) is 0.851. The van der Waals surface area contributed by atoms with Crippen LogP contribution in [0.1, 0.15) is 30.4 Å². The van der Waals surface area contributed by atoms with Crippen LogP contribution in [0.5, 0.6) is 0 Å². The van der Waals surface area contributed by atoms with E-state index in [1.807, 2.05) is 13.8 Å². The van der Waals surface area contributed by atoms with Crippen LogP contribution in [-0.2, 0) is 0 Å². The molecule has 88 valence electrons. The lowest BCUT2D eigenvalue weighted by molar-refractivity contribution is 0.143. The molecule has 0 amide bonds. The first-order chi connectivity index (χ1) is 7.58. The highest BCUT2D eigenvalue weighted by Crippen LogP contribution is 2.35. The van der Waals surface area contributed by atoms with E-state index in [4.69, 9.17) is 11.6 Å². The number of hydrogen-bond acceptors (Lipinski definition) is 4. The average Bonchev–Trinajstić information content (AvgIpc) is 2.23. The van der Waals surface area contributed by atoms with Gasteiger partial charge in [0.2, 0.25) is 0 Å². The molecule has 1 aliphatic rings. The number of hydrogen-bond donors (Lipinski definition) is 2. The Kier molecular flexibility index (Phi) is 3.04. The highest BCUT2D eigenvalue weighted by atomic mass is 35.5. The first-order valence-corrected chi connectivity index (χ1v) is 5.84. The molecule has 0 saturated heterocycles. The number of nitrogens with one attached hydrogen (secondary N) is 1. The Bertz CT molecular complexity index is 399. The van der Waals surface area contributed by atoms with E-state index in [-0.39, 0.29) is 12.1 Å². The lowest BCUT2D eigenvalue weighted by Gasteiger charge is -2.41. The Morgan fingerprint density at radius 3 is 2.50 bits per heavy atom. The SMILES string of the molecule is Cc1c(Cl)nnc(NC2(CO)CCC2)c1C. The molecule has 4 nitrogen and oxygen atoms in total. The van der Waals surface area contributed by atoms with Gasteiger partial charge in [-0.15, -0.1) is 10.2 Å². The molecule has 0 aliphatic heterocycles. The molecule has 1 fully saturated rings. The summed E-state index contributed by atoms with van der Waals surface area (Å²) in [5.41, 5.74) is 1.74. The molecule has 2 rings (SSSR count). The van der Waals surface area contributed by atoms with Crippen LogP contribution in [0.3, 0.4) is 0 Å². The molecule has 0 radical (unpaired) electrons. The Labute approximate surface area is 100 Å². The summed E-state index contributed by atoms with van der Waals surface area (Å²) >= 11 is 5.89. The molecule has 0 bridgehead atoms. The monoisotopic (exact) mass is 241 g/mol. The summed E-state index contributed by atoms with van der Waals surface area (Å²) in [7, 11) is 0. The van der Waals surface area contributed by atoms with Crippen molar-refractivity contribution in [3.05, 3.63) is 16.3 Å². The minimum absolute atomic E-state index is 0.135. The molecule has 0 atom stereocenters. The molecule has 0 spiro atoms. The third-order valence-corrected chi connectivity index (χ3v) is 3.82. The van der Waals surface area contributed by atoms with E-state index < -0.39 is 0 Å². The predicted octanol–water partition coefficient (Wildman–Crippen LogP) is 2.07. The van der Waals surface area contributed by atoms with Crippen LogP contribution in [0.4, 0.5) is 5.82 Å². The van der Waals surface area contributed by atoms with Gasteiger partial charge in [0.15, 0.2) is 11.0 Å². The van der Waals surface area contributed by atoms with Crippen molar-refractivity contribution in [3.8, 4) is 0 Å². The topological polar surface area (TPSA) is 58.0 Å². The molecular formula is C11H16ClN3O. The van der Waals surface area contributed by atoms with Crippen LogP contribution in [0, 0.1) is 13.8 Å². The summed E-state index contributed by atoms with van der Waals surface area (Å²) in [6, 6.07) is 0. The van der Waals surface area contributed by atoms with Gasteiger partial charge in [-0.05, 0) is 44.2 Å². The summed E-state index contributed by atoms with van der Waals surface area (Å²) in [6.45, 7) is 4.02. The van der Waals surface area contributed by atoms with Crippen LogP contribution in [0.15, 0.2) is 0 Å². The van der Waals surface area contributed by atoms with E-state index in [0.29, 0.717) is 5.15 Å². The molecule has 0 aromatic carbocycles. The summed E-state index contributed by atoms with van der Waals surface area (Å²) in [5, 5.41) is 21.0. The van der Waals surface area contributed by atoms with E-state index in [1.165, 1.54) is 0 Å². The summed E-state index contributed by atoms with van der Waals surface area (Å²) in [6.07, 6.45) is 3.10. The van der Waals surface area contributed by atoms with Gasteiger partial charge in [0.1, 0.15) is 0 Å². The van der Waals surface area contributed by atoms with E-state index >= 15 is 0 Å². The number of halogens is 1. The molecule has 1 aromatic rings. The fourth-order valence-electron chi connectivity index (χ4n) is 1.87. The van der Waals surface area contributed by atoms with Gasteiger partial charge in [0.25, 0.3) is 0 Å². The van der Waals surface area contributed by atoms with Crippen molar-refractivity contribution in [1.29, 1.82) is 0 Å². The third-order valence-electron chi connectivity index (χ3n) is 3.46. The van der Waals surface area contributed by atoms with Gasteiger partial charge in [0, 0.05) is 0 Å². The number of aliphatic hydroxyl groups excluding tert-OH is 1. The van der Waals surface area contributed by atoms with Crippen molar-refractivity contribution in [2.45, 2.75) is 38.6 Å². The number of rotatable bonds is 3. The summed E-state index contributed by atoms with van der Waals surface area (Å²) in [5.74, 6) is 0.732. The Hall–Kier alpha value is -0.870. The Morgan fingerprint density at radius 1 is 1.31 bits per heavy atom. The molecule has 2 N–H and O–H groups in total. The zero-order valence-corrected chi connectivity index (χ0v) is 10.3. The first-order valence-electron chi connectivity index (χ1n) is 5.46. The molecule has 0 unspecified atom stereocenters. The normalized spacial score (nSPS) is 18.0. The minimum atomic E-state index is -0.195. The highest BCUT2D eigenvalue weighted by molar-refractivity contribution is 6.30. The molecule has 16 heavy (non-hydrogen) atoms. The van der Waals surface area contributed by atoms with E-state index in [2.05, 4.69) is 15.5 Å². The molecule has 1 aromatic heterocycles. The van der Waals surface area contributed by atoms with Crippen molar-refractivity contribution >= 4 is 17.4 Å². The summed E-state index contributed by atoms with van der Waals surface area (Å²) < 4.78 is 0. The fraction of sp³-hybridized carbons (Fsp3) is 0.636. The van der Waals surface area contributed by atoms with Gasteiger partial charge in [-0.2, -0.15) is 0 Å². The molecule has 1 saturated carbocycles. The predicted molar refractivity (Wildman–Crippen MR) is 63.8 cm³/mol. The largest absolute Gasteiger partial charge is 0.394 e. The second-order valence-corrected chi connectivity index (χ2v) is 4.86. The first kappa shape index (κ1) is 11.6. The maximum atomic E-state index is 9.38. The maximum Gasteiger partial charge on any atom is 0.155 e. The van der Waals surface area contributed by atoms with Crippen LogP contribution < -0.4 is 5.32 Å².